The molecule has 0 saturated carbocycles. The highest BCUT2D eigenvalue weighted by Gasteiger charge is 2.22. The number of halogens is 16. The molecule has 4 aromatic rings. The number of aryl methyl sites for hydroxylation is 4. The highest BCUT2D eigenvalue weighted by atomic mass is 19.5. The predicted octanol–water partition coefficient (Wildman–Crippen LogP) is 11.6. The monoisotopic (exact) mass is 872 g/mol. The Morgan fingerprint density at radius 3 is 0.627 bits per heavy atom. The quantitative estimate of drug-likeness (QED) is 0.0461. The van der Waals surface area contributed by atoms with Gasteiger partial charge in [0.25, 0.3) is 0 Å². The van der Waals surface area contributed by atoms with E-state index < -0.39 is 29.0 Å². The third-order valence-corrected chi connectivity index (χ3v) is 7.60. The fraction of sp³-hybridized carbons (Fsp3) is 0.429. The summed E-state index contributed by atoms with van der Waals surface area (Å²) in [7, 11) is -24.0. The molecule has 0 fully saturated rings. The molecule has 4 aromatic heterocycles. The molecule has 0 N–H and O–H groups in total. The number of hydrogen-bond donors (Lipinski definition) is 0. The smallest absolute Gasteiger partial charge is 0.418 e. The van der Waals surface area contributed by atoms with Gasteiger partial charge in [-0.3, -0.25) is 0 Å². The van der Waals surface area contributed by atoms with E-state index in [0.717, 1.165) is 32.6 Å². The summed E-state index contributed by atoms with van der Waals surface area (Å²) in [5, 5.41) is 0. The van der Waals surface area contributed by atoms with Crippen molar-refractivity contribution in [1.29, 1.82) is 0 Å². The van der Waals surface area contributed by atoms with Gasteiger partial charge in [0.2, 0.25) is 0 Å². The lowest BCUT2D eigenvalue weighted by atomic mass is 10.1. The van der Waals surface area contributed by atoms with Crippen LogP contribution >= 0.6 is 0 Å². The van der Waals surface area contributed by atoms with Crippen LogP contribution in [0.5, 0.6) is 0 Å². The third kappa shape index (κ3) is 37.7. The van der Waals surface area contributed by atoms with E-state index in [4.69, 9.17) is 0 Å². The van der Waals surface area contributed by atoms with Crippen LogP contribution in [-0.2, 0) is 26.2 Å². The second kappa shape index (κ2) is 28.3. The first-order valence-electron chi connectivity index (χ1n) is 18.7. The van der Waals surface area contributed by atoms with E-state index in [-0.39, 0.29) is 0 Å². The van der Waals surface area contributed by atoms with E-state index in [2.05, 4.69) is 130 Å². The van der Waals surface area contributed by atoms with Crippen LogP contribution < -0.4 is 18.3 Å². The van der Waals surface area contributed by atoms with E-state index in [1.165, 1.54) is 73.6 Å². The lowest BCUT2D eigenvalue weighted by Gasteiger charge is -2.03. The van der Waals surface area contributed by atoms with Gasteiger partial charge in [0.15, 0.2) is 62.7 Å². The van der Waals surface area contributed by atoms with Crippen LogP contribution in [0.4, 0.5) is 69.1 Å². The molecule has 0 aliphatic heterocycles. The molecule has 0 bridgehead atoms. The van der Waals surface area contributed by atoms with Crippen molar-refractivity contribution in [2.75, 3.05) is 0 Å². The summed E-state index contributed by atoms with van der Waals surface area (Å²) >= 11 is 0. The molecule has 24 heteroatoms. The number of pyridine rings is 4. The number of unbranched alkanes of at least 4 members (excludes halogenated alkanes) is 6. The first kappa shape index (κ1) is 54.7. The van der Waals surface area contributed by atoms with Gasteiger partial charge in [0.1, 0.15) is 13.1 Å². The molecule has 0 radical (unpaired) electrons. The zero-order chi connectivity index (χ0) is 45.1. The number of hydrogen-bond acceptors (Lipinski definition) is 0. The molecule has 4 heterocycles. The topological polar surface area (TPSA) is 15.5 Å². The second-order valence-corrected chi connectivity index (χ2v) is 12.8. The van der Waals surface area contributed by atoms with Crippen LogP contribution in [0.3, 0.4) is 0 Å². The normalized spacial score (nSPS) is 11.4. The second-order valence-electron chi connectivity index (χ2n) is 12.8. The van der Waals surface area contributed by atoms with Crippen molar-refractivity contribution in [3.05, 3.63) is 98.1 Å². The van der Waals surface area contributed by atoms with Crippen molar-refractivity contribution in [1.82, 2.24) is 0 Å². The van der Waals surface area contributed by atoms with Crippen LogP contribution in [0.2, 0.25) is 0 Å². The maximum Gasteiger partial charge on any atom is 0.673 e. The fourth-order valence-electron chi connectivity index (χ4n) is 5.07. The van der Waals surface area contributed by atoms with Gasteiger partial charge < -0.3 is 69.1 Å². The largest absolute Gasteiger partial charge is 0.673 e. The van der Waals surface area contributed by atoms with E-state index in [1.54, 1.807) is 0 Å². The Hall–Kier alpha value is -4.26. The van der Waals surface area contributed by atoms with E-state index in [1.807, 2.05) is 0 Å². The van der Waals surface area contributed by atoms with Crippen molar-refractivity contribution in [2.45, 2.75) is 97.8 Å². The van der Waals surface area contributed by atoms with Crippen LogP contribution in [0, 0.1) is 0 Å². The molecular formula is C35H48B4F16N4. The molecular weight excluding hydrogens is 824 g/mol. The molecule has 59 heavy (non-hydrogen) atoms. The van der Waals surface area contributed by atoms with Crippen molar-refractivity contribution >= 4 is 29.0 Å². The van der Waals surface area contributed by atoms with Crippen molar-refractivity contribution < 1.29 is 87.3 Å². The Bertz CT molecular complexity index is 1470. The molecule has 0 atom stereocenters. The average Bonchev–Trinajstić information content (AvgIpc) is 3.10. The minimum Gasteiger partial charge on any atom is -0.418 e. The predicted molar refractivity (Wildman–Crippen MR) is 198 cm³/mol. The first-order chi connectivity index (χ1) is 27.2. The van der Waals surface area contributed by atoms with Crippen molar-refractivity contribution in [2.24, 2.45) is 0 Å². The van der Waals surface area contributed by atoms with Gasteiger partial charge >= 0.3 is 29.0 Å². The SMILES string of the molecule is CCCCCC[n+]1ccc(-c2cc[n+](CCC[n+]3ccc(-c4cc[n+](CCCCCC)cc4)cc3)cc2)cc1.F[B-](F)(F)F.F[B-](F)(F)F.F[B-](F)(F)F.F[B-](F)(F)F. The molecule has 0 aliphatic carbocycles. The number of rotatable bonds is 16. The molecule has 4 nitrogen and oxygen atoms in total. The molecule has 332 valence electrons. The highest BCUT2D eigenvalue weighted by molar-refractivity contribution is 6.51. The fourth-order valence-corrected chi connectivity index (χ4v) is 5.07. The third-order valence-electron chi connectivity index (χ3n) is 7.60. The van der Waals surface area contributed by atoms with Gasteiger partial charge in [-0.05, 0) is 35.1 Å². The summed E-state index contributed by atoms with van der Waals surface area (Å²) in [5.74, 6) is 0. The van der Waals surface area contributed by atoms with Crippen LogP contribution in [-0.4, -0.2) is 29.0 Å². The maximum absolute atomic E-state index is 9.75. The Balaban J connectivity index is 0.00000139. The Morgan fingerprint density at radius 2 is 0.458 bits per heavy atom. The van der Waals surface area contributed by atoms with Crippen LogP contribution in [0.25, 0.3) is 22.3 Å². The summed E-state index contributed by atoms with van der Waals surface area (Å²) < 4.78 is 165. The zero-order valence-corrected chi connectivity index (χ0v) is 32.6. The Labute approximate surface area is 334 Å². The van der Waals surface area contributed by atoms with Gasteiger partial charge in [-0.25, -0.2) is 18.3 Å². The zero-order valence-electron chi connectivity index (χ0n) is 32.6. The summed E-state index contributed by atoms with van der Waals surface area (Å²) in [6.45, 7) is 8.77. The van der Waals surface area contributed by atoms with E-state index in [0.29, 0.717) is 0 Å². The van der Waals surface area contributed by atoms with Crippen molar-refractivity contribution in [3.63, 3.8) is 0 Å². The van der Waals surface area contributed by atoms with E-state index >= 15 is 0 Å². The molecule has 0 amide bonds. The minimum atomic E-state index is -6.00. The summed E-state index contributed by atoms with van der Waals surface area (Å²) in [5.41, 5.74) is 5.11. The summed E-state index contributed by atoms with van der Waals surface area (Å²) in [4.78, 5) is 0. The lowest BCUT2D eigenvalue weighted by molar-refractivity contribution is -0.726. The average molecular weight is 872 g/mol. The lowest BCUT2D eigenvalue weighted by Crippen LogP contribution is -2.38. The molecule has 0 unspecified atom stereocenters. The minimum absolute atomic E-state index is 1.01. The highest BCUT2D eigenvalue weighted by Crippen LogP contribution is 2.17. The van der Waals surface area contributed by atoms with Gasteiger partial charge in [-0.2, -0.15) is 0 Å². The molecule has 0 aromatic carbocycles. The van der Waals surface area contributed by atoms with Crippen LogP contribution in [0.15, 0.2) is 98.1 Å². The molecule has 0 saturated heterocycles. The molecule has 4 rings (SSSR count). The number of nitrogens with zero attached hydrogens (tertiary/aromatic N) is 4. The summed E-state index contributed by atoms with van der Waals surface area (Å²) in [6.07, 6.45) is 29.2. The van der Waals surface area contributed by atoms with Crippen LogP contribution in [0.1, 0.15) is 71.6 Å². The maximum atomic E-state index is 9.75. The van der Waals surface area contributed by atoms with Gasteiger partial charge in [-0.15, -0.1) is 0 Å². The standard InChI is InChI=1S/C35H48N4.4BF4/c1-3-5-7-9-20-36-24-12-32(13-25-36)34-16-28-38(29-17-34)22-11-23-39-30-18-35(19-31-39)33-14-26-37(27-15-33)21-10-8-6-4-2;4*2-1(3,4)5/h12-19,24-31H,3-11,20-23H2,1-2H3;;;;/q+4;4*-1. The van der Waals surface area contributed by atoms with E-state index in [9.17, 15) is 69.1 Å². The van der Waals surface area contributed by atoms with Gasteiger partial charge in [0, 0.05) is 61.4 Å². The van der Waals surface area contributed by atoms with Gasteiger partial charge in [0.05, 0.1) is 6.42 Å². The molecule has 0 aliphatic rings. The Kier molecular flexibility index (Phi) is 26.2. The first-order valence-corrected chi connectivity index (χ1v) is 18.7. The van der Waals surface area contributed by atoms with Crippen molar-refractivity contribution in [3.8, 4) is 22.3 Å². The van der Waals surface area contributed by atoms with Gasteiger partial charge in [-0.1, -0.05) is 39.5 Å². The number of aromatic nitrogens is 4. The molecule has 0 spiro atoms. The summed E-state index contributed by atoms with van der Waals surface area (Å²) in [6, 6.07) is 17.9. The Morgan fingerprint density at radius 1 is 0.288 bits per heavy atom.